The maximum Gasteiger partial charge on any atom is 0.309 e. The van der Waals surface area contributed by atoms with Gasteiger partial charge in [-0.15, -0.1) is 0 Å². The standard InChI is InChI=1S/C28H39N5O4/c1-28(2,3)37-27(36)19-9-7-13-22(15-19)33(26(35)23-17-30-18-31-23)24(20-10-8-14-29-16-20)25(34)32-21-11-5-4-6-12-21/h8,10,14,16-19,21-22,24H,4-7,9,11-13,15H2,1-3H3,(H,30,31)(H,32,34)/t19?,22-,24?/m0/s1. The van der Waals surface area contributed by atoms with E-state index in [0.717, 1.165) is 32.1 Å². The van der Waals surface area contributed by atoms with Crippen LogP contribution in [0.1, 0.15) is 101 Å². The Morgan fingerprint density at radius 3 is 2.49 bits per heavy atom. The molecule has 2 aromatic rings. The van der Waals surface area contributed by atoms with Gasteiger partial charge in [-0.1, -0.05) is 31.7 Å². The topological polar surface area (TPSA) is 117 Å². The molecular formula is C28H39N5O4. The number of nitrogens with one attached hydrogen (secondary N) is 2. The van der Waals surface area contributed by atoms with Crippen LogP contribution in [-0.4, -0.2) is 55.3 Å². The summed E-state index contributed by atoms with van der Waals surface area (Å²) in [7, 11) is 0. The van der Waals surface area contributed by atoms with Gasteiger partial charge < -0.3 is 19.9 Å². The van der Waals surface area contributed by atoms with Crippen molar-refractivity contribution in [3.63, 3.8) is 0 Å². The zero-order valence-electron chi connectivity index (χ0n) is 22.1. The second-order valence-electron chi connectivity index (χ2n) is 11.3. The van der Waals surface area contributed by atoms with E-state index >= 15 is 0 Å². The SMILES string of the molecule is CC(C)(C)OC(=O)C1CCC[C@H](N(C(=O)c2cnc[nH]2)C(C(=O)NC2CCCCC2)c2cccnc2)C1. The minimum absolute atomic E-state index is 0.0883. The number of nitrogens with zero attached hydrogens (tertiary/aromatic N) is 3. The summed E-state index contributed by atoms with van der Waals surface area (Å²) in [5, 5.41) is 3.22. The number of amides is 2. The third-order valence-electron chi connectivity index (χ3n) is 7.22. The van der Waals surface area contributed by atoms with Gasteiger partial charge in [0.05, 0.1) is 18.4 Å². The molecule has 9 heteroatoms. The molecule has 0 aliphatic heterocycles. The van der Waals surface area contributed by atoms with E-state index in [0.29, 0.717) is 30.5 Å². The average Bonchev–Trinajstić information content (AvgIpc) is 3.42. The summed E-state index contributed by atoms with van der Waals surface area (Å²) in [6.07, 6.45) is 14.0. The van der Waals surface area contributed by atoms with Gasteiger partial charge in [0.25, 0.3) is 5.91 Å². The number of hydrogen-bond acceptors (Lipinski definition) is 6. The molecule has 200 valence electrons. The largest absolute Gasteiger partial charge is 0.460 e. The highest BCUT2D eigenvalue weighted by atomic mass is 16.6. The Labute approximate surface area is 218 Å². The van der Waals surface area contributed by atoms with Crippen LogP contribution >= 0.6 is 0 Å². The van der Waals surface area contributed by atoms with Gasteiger partial charge >= 0.3 is 5.97 Å². The molecule has 0 bridgehead atoms. The third-order valence-corrected chi connectivity index (χ3v) is 7.22. The van der Waals surface area contributed by atoms with Crippen LogP contribution in [-0.2, 0) is 14.3 Å². The van der Waals surface area contributed by atoms with Crippen molar-refractivity contribution in [1.29, 1.82) is 0 Å². The van der Waals surface area contributed by atoms with Crippen molar-refractivity contribution >= 4 is 17.8 Å². The minimum Gasteiger partial charge on any atom is -0.460 e. The Morgan fingerprint density at radius 1 is 1.05 bits per heavy atom. The number of ether oxygens (including phenoxy) is 1. The first-order valence-corrected chi connectivity index (χ1v) is 13.5. The lowest BCUT2D eigenvalue weighted by Crippen LogP contribution is -2.52. The molecule has 0 spiro atoms. The normalized spacial score (nSPS) is 21.6. The molecule has 2 N–H and O–H groups in total. The van der Waals surface area contributed by atoms with E-state index in [4.69, 9.17) is 4.74 Å². The molecule has 2 aliphatic carbocycles. The minimum atomic E-state index is -0.881. The first kappa shape index (κ1) is 26.8. The molecule has 2 heterocycles. The Kier molecular flexibility index (Phi) is 8.61. The van der Waals surface area contributed by atoms with Gasteiger partial charge in [0.1, 0.15) is 17.3 Å². The zero-order chi connectivity index (χ0) is 26.4. The summed E-state index contributed by atoms with van der Waals surface area (Å²) in [5.41, 5.74) is 0.356. The van der Waals surface area contributed by atoms with Crippen molar-refractivity contribution in [1.82, 2.24) is 25.2 Å². The summed E-state index contributed by atoms with van der Waals surface area (Å²) >= 11 is 0. The van der Waals surface area contributed by atoms with Crippen molar-refractivity contribution in [2.45, 2.75) is 102 Å². The average molecular weight is 510 g/mol. The van der Waals surface area contributed by atoms with Crippen molar-refractivity contribution in [2.24, 2.45) is 5.92 Å². The van der Waals surface area contributed by atoms with Crippen LogP contribution in [0, 0.1) is 5.92 Å². The fraction of sp³-hybridized carbons (Fsp3) is 0.607. The lowest BCUT2D eigenvalue weighted by Gasteiger charge is -2.41. The summed E-state index contributed by atoms with van der Waals surface area (Å²) in [5.74, 6) is -1.13. The van der Waals surface area contributed by atoms with Crippen molar-refractivity contribution in [3.05, 3.63) is 48.3 Å². The number of imidazole rings is 1. The van der Waals surface area contributed by atoms with E-state index in [2.05, 4.69) is 20.3 Å². The van der Waals surface area contributed by atoms with E-state index in [9.17, 15) is 14.4 Å². The van der Waals surface area contributed by atoms with Crippen molar-refractivity contribution < 1.29 is 19.1 Å². The fourth-order valence-corrected chi connectivity index (χ4v) is 5.52. The lowest BCUT2D eigenvalue weighted by molar-refractivity contribution is -0.161. The first-order chi connectivity index (χ1) is 17.7. The molecule has 2 fully saturated rings. The van der Waals surface area contributed by atoms with Crippen LogP contribution in [0.15, 0.2) is 37.1 Å². The highest BCUT2D eigenvalue weighted by Gasteiger charge is 2.42. The van der Waals surface area contributed by atoms with Gasteiger partial charge in [-0.3, -0.25) is 19.4 Å². The quantitative estimate of drug-likeness (QED) is 0.536. The highest BCUT2D eigenvalue weighted by molar-refractivity contribution is 5.96. The van der Waals surface area contributed by atoms with Crippen LogP contribution in [0.5, 0.6) is 0 Å². The van der Waals surface area contributed by atoms with Crippen LogP contribution in [0.25, 0.3) is 0 Å². The van der Waals surface area contributed by atoms with Crippen LogP contribution < -0.4 is 5.32 Å². The van der Waals surface area contributed by atoms with Gasteiger partial charge in [0.2, 0.25) is 5.91 Å². The van der Waals surface area contributed by atoms with E-state index in [1.54, 1.807) is 23.4 Å². The molecule has 2 saturated carbocycles. The monoisotopic (exact) mass is 509 g/mol. The number of esters is 1. The second-order valence-corrected chi connectivity index (χ2v) is 11.3. The Hall–Kier alpha value is -3.23. The molecule has 2 aromatic heterocycles. The maximum absolute atomic E-state index is 14.0. The van der Waals surface area contributed by atoms with Gasteiger partial charge in [-0.25, -0.2) is 4.98 Å². The molecule has 9 nitrogen and oxygen atoms in total. The molecular weight excluding hydrogens is 470 g/mol. The molecule has 2 amide bonds. The number of carbonyl (C=O) groups is 3. The molecule has 4 rings (SSSR count). The molecule has 0 aromatic carbocycles. The second kappa shape index (κ2) is 11.9. The van der Waals surface area contributed by atoms with Crippen molar-refractivity contribution in [2.75, 3.05) is 0 Å². The molecule has 3 atom stereocenters. The van der Waals surface area contributed by atoms with E-state index < -0.39 is 11.6 Å². The van der Waals surface area contributed by atoms with Gasteiger partial charge in [-0.2, -0.15) is 0 Å². The van der Waals surface area contributed by atoms with Crippen LogP contribution in [0.4, 0.5) is 0 Å². The van der Waals surface area contributed by atoms with Gasteiger partial charge in [-0.05, 0) is 58.9 Å². The molecule has 0 radical (unpaired) electrons. The lowest BCUT2D eigenvalue weighted by atomic mass is 9.83. The number of rotatable bonds is 7. The highest BCUT2D eigenvalue weighted by Crippen LogP contribution is 2.35. The molecule has 2 aliphatic rings. The van der Waals surface area contributed by atoms with E-state index in [1.807, 2.05) is 26.8 Å². The number of carbonyl (C=O) groups excluding carboxylic acids is 3. The first-order valence-electron chi connectivity index (χ1n) is 13.5. The van der Waals surface area contributed by atoms with Gasteiger partial charge in [0, 0.05) is 30.0 Å². The Bertz CT molecular complexity index is 1040. The summed E-state index contributed by atoms with van der Waals surface area (Å²) in [4.78, 5) is 53.7. The maximum atomic E-state index is 14.0. The molecule has 2 unspecified atom stereocenters. The summed E-state index contributed by atoms with van der Waals surface area (Å²) < 4.78 is 5.68. The van der Waals surface area contributed by atoms with Crippen LogP contribution in [0.2, 0.25) is 0 Å². The predicted octanol–water partition coefficient (Wildman–Crippen LogP) is 4.34. The van der Waals surface area contributed by atoms with Crippen molar-refractivity contribution in [3.8, 4) is 0 Å². The number of hydrogen-bond donors (Lipinski definition) is 2. The zero-order valence-corrected chi connectivity index (χ0v) is 22.1. The molecule has 37 heavy (non-hydrogen) atoms. The number of aromatic amines is 1. The predicted molar refractivity (Wildman–Crippen MR) is 138 cm³/mol. The molecule has 0 saturated heterocycles. The third kappa shape index (κ3) is 6.96. The van der Waals surface area contributed by atoms with Crippen LogP contribution in [0.3, 0.4) is 0 Å². The Balaban J connectivity index is 1.68. The fourth-order valence-electron chi connectivity index (χ4n) is 5.52. The number of aromatic nitrogens is 3. The van der Waals surface area contributed by atoms with E-state index in [1.165, 1.54) is 18.9 Å². The van der Waals surface area contributed by atoms with E-state index in [-0.39, 0.29) is 35.8 Å². The summed E-state index contributed by atoms with van der Waals surface area (Å²) in [6, 6.07) is 2.49. The summed E-state index contributed by atoms with van der Waals surface area (Å²) in [6.45, 7) is 5.56. The van der Waals surface area contributed by atoms with Gasteiger partial charge in [0.15, 0.2) is 0 Å². The Morgan fingerprint density at radius 2 is 1.84 bits per heavy atom. The number of pyridine rings is 1. The number of H-pyrrole nitrogens is 1. The smallest absolute Gasteiger partial charge is 0.309 e.